The van der Waals surface area contributed by atoms with E-state index in [1.807, 2.05) is 12.1 Å². The molecule has 0 aliphatic rings. The van der Waals surface area contributed by atoms with Crippen LogP contribution in [0, 0.1) is 15.3 Å². The van der Waals surface area contributed by atoms with Crippen LogP contribution in [0.4, 0.5) is 0 Å². The van der Waals surface area contributed by atoms with E-state index in [0.29, 0.717) is 0 Å². The van der Waals surface area contributed by atoms with Gasteiger partial charge in [-0.15, -0.1) is 5.82 Å². The lowest BCUT2D eigenvalue weighted by molar-refractivity contribution is 1.60. The summed E-state index contributed by atoms with van der Waals surface area (Å²) in [5.74, 6) is 6.75. The van der Waals surface area contributed by atoms with Crippen LogP contribution in [0.5, 0.6) is 0 Å². The van der Waals surface area contributed by atoms with E-state index in [4.69, 9.17) is 0 Å². The van der Waals surface area contributed by atoms with E-state index in [-0.39, 0.29) is 6.71 Å². The third-order valence-electron chi connectivity index (χ3n) is 3.47. The van der Waals surface area contributed by atoms with E-state index in [9.17, 15) is 0 Å². The van der Waals surface area contributed by atoms with Gasteiger partial charge in [-0.2, -0.15) is 0 Å². The first-order valence-electron chi connectivity index (χ1n) is 7.20. The second kappa shape index (κ2) is 7.33. The highest BCUT2D eigenvalue weighted by atomic mass is 127. The largest absolute Gasteiger partial charge is 0.296 e. The fraction of sp³-hybridized carbons (Fsp3) is 0. The van der Waals surface area contributed by atoms with Crippen LogP contribution in [-0.2, 0) is 0 Å². The molecule has 0 aromatic heterocycles. The second-order valence-electron chi connectivity index (χ2n) is 5.03. The van der Waals surface area contributed by atoms with Gasteiger partial charge in [-0.3, -0.25) is 0 Å². The Morgan fingerprint density at radius 3 is 1.64 bits per heavy atom. The molecule has 0 unspecified atom stereocenters. The lowest BCUT2D eigenvalue weighted by Crippen LogP contribution is -2.41. The molecular formula is C20H14BI. The van der Waals surface area contributed by atoms with Crippen molar-refractivity contribution in [1.82, 2.24) is 0 Å². The van der Waals surface area contributed by atoms with Crippen molar-refractivity contribution in [1.29, 1.82) is 0 Å². The van der Waals surface area contributed by atoms with Crippen molar-refractivity contribution in [3.05, 3.63) is 94.1 Å². The van der Waals surface area contributed by atoms with Crippen LogP contribution in [0.1, 0.15) is 5.56 Å². The van der Waals surface area contributed by atoms with E-state index in [1.54, 1.807) is 0 Å². The molecule has 3 aromatic rings. The zero-order chi connectivity index (χ0) is 15.2. The van der Waals surface area contributed by atoms with Gasteiger partial charge in [0.25, 0.3) is 6.71 Å². The Bertz CT molecular complexity index is 744. The first kappa shape index (κ1) is 14.9. The monoisotopic (exact) mass is 392 g/mol. The van der Waals surface area contributed by atoms with Crippen LogP contribution >= 0.6 is 22.6 Å². The highest BCUT2D eigenvalue weighted by Gasteiger charge is 2.15. The van der Waals surface area contributed by atoms with E-state index < -0.39 is 0 Å². The average Bonchev–Trinajstić information content (AvgIpc) is 2.59. The van der Waals surface area contributed by atoms with Crippen LogP contribution in [0.3, 0.4) is 0 Å². The zero-order valence-corrected chi connectivity index (χ0v) is 14.2. The van der Waals surface area contributed by atoms with Gasteiger partial charge >= 0.3 is 0 Å². The maximum absolute atomic E-state index is 3.44. The van der Waals surface area contributed by atoms with E-state index in [0.717, 1.165) is 5.56 Å². The third kappa shape index (κ3) is 3.81. The van der Waals surface area contributed by atoms with Crippen LogP contribution in [0.25, 0.3) is 0 Å². The molecule has 3 aromatic carbocycles. The van der Waals surface area contributed by atoms with Gasteiger partial charge in [-0.1, -0.05) is 77.5 Å². The fourth-order valence-electron chi connectivity index (χ4n) is 2.34. The standard InChI is InChI=1S/C20H14BI/c22-20-13-11-17(12-14-20)15-16-21(18-7-3-1-4-8-18)19-9-5-2-6-10-19/h1-14H. The molecule has 0 atom stereocenters. The molecule has 0 heterocycles. The molecule has 3 rings (SSSR count). The number of hydrogen-bond donors (Lipinski definition) is 0. The molecule has 0 fully saturated rings. The van der Waals surface area contributed by atoms with Crippen molar-refractivity contribution in [2.45, 2.75) is 0 Å². The summed E-state index contributed by atoms with van der Waals surface area (Å²) in [6, 6.07) is 29.2. The minimum Gasteiger partial charge on any atom is -0.137 e. The third-order valence-corrected chi connectivity index (χ3v) is 4.19. The normalized spacial score (nSPS) is 9.68. The Morgan fingerprint density at radius 1 is 0.636 bits per heavy atom. The summed E-state index contributed by atoms with van der Waals surface area (Å²) < 4.78 is 1.23. The van der Waals surface area contributed by atoms with Gasteiger partial charge in [0.2, 0.25) is 0 Å². The number of hydrogen-bond acceptors (Lipinski definition) is 0. The Kier molecular flexibility index (Phi) is 4.98. The summed E-state index contributed by atoms with van der Waals surface area (Å²) in [6.45, 7) is 0.0988. The zero-order valence-electron chi connectivity index (χ0n) is 12.0. The quantitative estimate of drug-likeness (QED) is 0.356. The van der Waals surface area contributed by atoms with Crippen LogP contribution in [-0.4, -0.2) is 6.71 Å². The Balaban J connectivity index is 1.98. The summed E-state index contributed by atoms with van der Waals surface area (Å²) in [6.07, 6.45) is 0. The lowest BCUT2D eigenvalue weighted by Gasteiger charge is -2.07. The summed E-state index contributed by atoms with van der Waals surface area (Å²) in [7, 11) is 0. The molecule has 0 aliphatic carbocycles. The van der Waals surface area contributed by atoms with Crippen LogP contribution in [0.2, 0.25) is 0 Å². The number of benzene rings is 3. The molecule has 0 amide bonds. The van der Waals surface area contributed by atoms with Gasteiger partial charge in [0.05, 0.1) is 0 Å². The maximum Gasteiger partial charge on any atom is 0.296 e. The topological polar surface area (TPSA) is 0 Å². The maximum atomic E-state index is 3.44. The van der Waals surface area contributed by atoms with Gasteiger partial charge in [-0.25, -0.2) is 0 Å². The van der Waals surface area contributed by atoms with Crippen LogP contribution in [0.15, 0.2) is 84.9 Å². The predicted octanol–water partition coefficient (Wildman–Crippen LogP) is 3.49. The first-order valence-corrected chi connectivity index (χ1v) is 8.28. The molecule has 0 saturated heterocycles. The van der Waals surface area contributed by atoms with Gasteiger partial charge in [-0.05, 0) is 46.9 Å². The van der Waals surface area contributed by atoms with Gasteiger partial charge < -0.3 is 0 Å². The van der Waals surface area contributed by atoms with E-state index in [1.165, 1.54) is 14.5 Å². The van der Waals surface area contributed by atoms with Gasteiger partial charge in [0.15, 0.2) is 0 Å². The molecule has 104 valence electrons. The van der Waals surface area contributed by atoms with Crippen molar-refractivity contribution >= 4 is 40.2 Å². The van der Waals surface area contributed by atoms with E-state index >= 15 is 0 Å². The predicted molar refractivity (Wildman–Crippen MR) is 104 cm³/mol. The number of rotatable bonds is 2. The smallest absolute Gasteiger partial charge is 0.137 e. The molecule has 0 radical (unpaired) electrons. The SMILES string of the molecule is Ic1ccc(C#CB(c2ccccc2)c2ccccc2)cc1. The molecular weight excluding hydrogens is 378 g/mol. The molecule has 2 heteroatoms. The van der Waals surface area contributed by atoms with Crippen molar-refractivity contribution in [3.63, 3.8) is 0 Å². The summed E-state index contributed by atoms with van der Waals surface area (Å²) in [5.41, 5.74) is 3.51. The van der Waals surface area contributed by atoms with Crippen molar-refractivity contribution in [2.75, 3.05) is 0 Å². The number of halogens is 1. The molecule has 0 aliphatic heterocycles. The summed E-state index contributed by atoms with van der Waals surface area (Å²) in [5, 5.41) is 0. The highest BCUT2D eigenvalue weighted by Crippen LogP contribution is 2.05. The molecule has 0 N–H and O–H groups in total. The van der Waals surface area contributed by atoms with Crippen molar-refractivity contribution in [3.8, 4) is 11.7 Å². The molecule has 0 saturated carbocycles. The Morgan fingerprint density at radius 2 is 1.14 bits per heavy atom. The molecule has 0 spiro atoms. The lowest BCUT2D eigenvalue weighted by atomic mass is 9.41. The summed E-state index contributed by atoms with van der Waals surface area (Å²) >= 11 is 2.31. The van der Waals surface area contributed by atoms with Crippen molar-refractivity contribution < 1.29 is 0 Å². The highest BCUT2D eigenvalue weighted by molar-refractivity contribution is 14.1. The summed E-state index contributed by atoms with van der Waals surface area (Å²) in [4.78, 5) is 0. The average molecular weight is 392 g/mol. The van der Waals surface area contributed by atoms with Crippen molar-refractivity contribution in [2.24, 2.45) is 0 Å². The Hall–Kier alpha value is -1.99. The van der Waals surface area contributed by atoms with Gasteiger partial charge in [0, 0.05) is 9.13 Å². The molecule has 0 bridgehead atoms. The molecule has 22 heavy (non-hydrogen) atoms. The van der Waals surface area contributed by atoms with Gasteiger partial charge in [0.1, 0.15) is 0 Å². The van der Waals surface area contributed by atoms with E-state index in [2.05, 4.69) is 107 Å². The second-order valence-corrected chi connectivity index (χ2v) is 6.28. The minimum atomic E-state index is 0.0988. The fourth-order valence-corrected chi connectivity index (χ4v) is 2.70. The van der Waals surface area contributed by atoms with Crippen LogP contribution < -0.4 is 10.9 Å². The Labute approximate surface area is 145 Å². The first-order chi connectivity index (χ1) is 10.8. The minimum absolute atomic E-state index is 0.0988. The molecule has 0 nitrogen and oxygen atoms in total.